The molecule has 0 aliphatic rings. The maximum atomic E-state index is 13.8. The van der Waals surface area contributed by atoms with Gasteiger partial charge in [0.25, 0.3) is 0 Å². The Morgan fingerprint density at radius 2 is 1.70 bits per heavy atom. The Kier molecular flexibility index (Phi) is 7.32. The van der Waals surface area contributed by atoms with Crippen LogP contribution >= 0.6 is 23.2 Å². The standard InChI is InChI=1S/C29H23Cl2F2N7/c1-29(2,3)40-15-25(38-39-40)27(16-4-6-18(32)7-5-16)37-20-10-21-26(36-19-8-9-24(33)22(30)11-19)17(13-34)14-35-28(21)23(31)12-20/h4-12,14-15,27,37H,1-3H3,(H,35,36). The first-order valence-electron chi connectivity index (χ1n) is 12.2. The number of fused-ring (bicyclic) bond motifs is 1. The Balaban J connectivity index is 1.62. The summed E-state index contributed by atoms with van der Waals surface area (Å²) in [7, 11) is 0. The average Bonchev–Trinajstić information content (AvgIpc) is 3.41. The average molecular weight is 578 g/mol. The van der Waals surface area contributed by atoms with Gasteiger partial charge in [0.05, 0.1) is 44.6 Å². The van der Waals surface area contributed by atoms with Crippen molar-refractivity contribution in [1.82, 2.24) is 20.0 Å². The lowest BCUT2D eigenvalue weighted by molar-refractivity contribution is 0.347. The van der Waals surface area contributed by atoms with Gasteiger partial charge < -0.3 is 10.6 Å². The zero-order chi connectivity index (χ0) is 28.6. The van der Waals surface area contributed by atoms with E-state index < -0.39 is 11.9 Å². The summed E-state index contributed by atoms with van der Waals surface area (Å²) >= 11 is 12.6. The lowest BCUT2D eigenvalue weighted by atomic mass is 10.0. The first-order valence-corrected chi connectivity index (χ1v) is 13.0. The Morgan fingerprint density at radius 1 is 0.975 bits per heavy atom. The molecule has 3 aromatic carbocycles. The van der Waals surface area contributed by atoms with Gasteiger partial charge >= 0.3 is 0 Å². The van der Waals surface area contributed by atoms with E-state index in [1.165, 1.54) is 36.5 Å². The number of hydrogen-bond donors (Lipinski definition) is 2. The quantitative estimate of drug-likeness (QED) is 0.212. The van der Waals surface area contributed by atoms with E-state index >= 15 is 0 Å². The third-order valence-electron chi connectivity index (χ3n) is 6.24. The number of rotatable bonds is 6. The molecule has 1 atom stereocenters. The highest BCUT2D eigenvalue weighted by molar-refractivity contribution is 6.36. The van der Waals surface area contributed by atoms with Gasteiger partial charge in [-0.2, -0.15) is 5.26 Å². The van der Waals surface area contributed by atoms with Gasteiger partial charge in [-0.05, 0) is 68.8 Å². The van der Waals surface area contributed by atoms with Crippen LogP contribution < -0.4 is 10.6 Å². The minimum Gasteiger partial charge on any atom is -0.373 e. The van der Waals surface area contributed by atoms with Gasteiger partial charge in [0, 0.05) is 23.0 Å². The Morgan fingerprint density at radius 3 is 2.35 bits per heavy atom. The second kappa shape index (κ2) is 10.7. The Labute approximate surface area is 239 Å². The maximum absolute atomic E-state index is 13.8. The highest BCUT2D eigenvalue weighted by atomic mass is 35.5. The largest absolute Gasteiger partial charge is 0.373 e. The lowest BCUT2D eigenvalue weighted by Crippen LogP contribution is -2.22. The molecule has 0 amide bonds. The van der Waals surface area contributed by atoms with Crippen LogP contribution in [0.25, 0.3) is 10.9 Å². The molecule has 1 unspecified atom stereocenters. The lowest BCUT2D eigenvalue weighted by Gasteiger charge is -2.21. The van der Waals surface area contributed by atoms with Crippen molar-refractivity contribution < 1.29 is 8.78 Å². The SMILES string of the molecule is CC(C)(C)n1cc(C(Nc2cc(Cl)c3ncc(C#N)c(Nc4ccc(F)c(Cl)c4)c3c2)c2ccc(F)cc2)nn1. The monoisotopic (exact) mass is 577 g/mol. The van der Waals surface area contributed by atoms with Gasteiger partial charge in [0.1, 0.15) is 23.4 Å². The van der Waals surface area contributed by atoms with E-state index in [-0.39, 0.29) is 21.9 Å². The molecule has 0 saturated heterocycles. The molecule has 0 bridgehead atoms. The summed E-state index contributed by atoms with van der Waals surface area (Å²) in [5.74, 6) is -0.918. The topological polar surface area (TPSA) is 91.5 Å². The fourth-order valence-corrected chi connectivity index (χ4v) is 4.62. The number of nitrogens with one attached hydrogen (secondary N) is 2. The van der Waals surface area contributed by atoms with Crippen molar-refractivity contribution in [1.29, 1.82) is 5.26 Å². The van der Waals surface area contributed by atoms with E-state index in [1.54, 1.807) is 28.9 Å². The van der Waals surface area contributed by atoms with Crippen molar-refractivity contribution in [3.05, 3.63) is 105 Å². The van der Waals surface area contributed by atoms with Crippen molar-refractivity contribution in [2.24, 2.45) is 0 Å². The molecule has 11 heteroatoms. The summed E-state index contributed by atoms with van der Waals surface area (Å²) in [5, 5.41) is 25.9. The first kappa shape index (κ1) is 27.3. The molecule has 202 valence electrons. The third kappa shape index (κ3) is 5.55. The molecule has 0 aliphatic heterocycles. The van der Waals surface area contributed by atoms with Crippen molar-refractivity contribution in [2.45, 2.75) is 32.4 Å². The summed E-state index contributed by atoms with van der Waals surface area (Å²) < 4.78 is 29.3. The van der Waals surface area contributed by atoms with E-state index in [4.69, 9.17) is 23.2 Å². The second-order valence-corrected chi connectivity index (χ2v) is 11.0. The summed E-state index contributed by atoms with van der Waals surface area (Å²) in [6.45, 7) is 6.03. The molecule has 5 rings (SSSR count). The van der Waals surface area contributed by atoms with Gasteiger partial charge in [-0.15, -0.1) is 5.10 Å². The predicted octanol–water partition coefficient (Wildman–Crippen LogP) is 7.98. The van der Waals surface area contributed by atoms with E-state index in [0.717, 1.165) is 5.56 Å². The third-order valence-corrected chi connectivity index (χ3v) is 6.82. The molecule has 2 N–H and O–H groups in total. The molecule has 5 aromatic rings. The molecule has 2 aromatic heterocycles. The fraction of sp³-hybridized carbons (Fsp3) is 0.172. The maximum Gasteiger partial charge on any atom is 0.141 e. The van der Waals surface area contributed by atoms with E-state index in [0.29, 0.717) is 38.7 Å². The molecule has 0 spiro atoms. The summed E-state index contributed by atoms with van der Waals surface area (Å²) in [4.78, 5) is 4.39. The molecule has 0 radical (unpaired) electrons. The van der Waals surface area contributed by atoms with Crippen LogP contribution in [0.4, 0.5) is 25.8 Å². The van der Waals surface area contributed by atoms with Crippen LogP contribution in [0.3, 0.4) is 0 Å². The fourth-order valence-electron chi connectivity index (χ4n) is 4.17. The van der Waals surface area contributed by atoms with Crippen molar-refractivity contribution in [3.8, 4) is 6.07 Å². The molecule has 0 fully saturated rings. The molecule has 0 saturated carbocycles. The molecule has 7 nitrogen and oxygen atoms in total. The van der Waals surface area contributed by atoms with Crippen LogP contribution in [0.5, 0.6) is 0 Å². The number of halogens is 4. The van der Waals surface area contributed by atoms with Crippen molar-refractivity contribution in [3.63, 3.8) is 0 Å². The number of pyridine rings is 1. The molecular formula is C29H23Cl2F2N7. The number of nitriles is 1. The minimum absolute atomic E-state index is 0.0623. The van der Waals surface area contributed by atoms with Crippen LogP contribution in [0.2, 0.25) is 10.0 Å². The smallest absolute Gasteiger partial charge is 0.141 e. The highest BCUT2D eigenvalue weighted by Gasteiger charge is 2.23. The van der Waals surface area contributed by atoms with E-state index in [9.17, 15) is 14.0 Å². The van der Waals surface area contributed by atoms with Gasteiger partial charge in [0.2, 0.25) is 0 Å². The van der Waals surface area contributed by atoms with E-state index in [1.807, 2.05) is 27.0 Å². The van der Waals surface area contributed by atoms with Gasteiger partial charge in [-0.3, -0.25) is 4.98 Å². The first-order chi connectivity index (χ1) is 19.0. The van der Waals surface area contributed by atoms with E-state index in [2.05, 4.69) is 32.0 Å². The summed E-state index contributed by atoms with van der Waals surface area (Å²) in [6, 6.07) is 15.4. The zero-order valence-corrected chi connectivity index (χ0v) is 23.2. The predicted molar refractivity (Wildman–Crippen MR) is 153 cm³/mol. The number of anilines is 3. The van der Waals surface area contributed by atoms with Crippen LogP contribution in [-0.4, -0.2) is 20.0 Å². The summed E-state index contributed by atoms with van der Waals surface area (Å²) in [5.41, 5.74) is 3.28. The molecular weight excluding hydrogens is 555 g/mol. The van der Waals surface area contributed by atoms with Gasteiger partial charge in [-0.25, -0.2) is 13.5 Å². The number of aromatic nitrogens is 4. The molecule has 0 aliphatic carbocycles. The second-order valence-electron chi connectivity index (χ2n) is 10.2. The molecule has 40 heavy (non-hydrogen) atoms. The van der Waals surface area contributed by atoms with Crippen molar-refractivity contribution >= 4 is 51.2 Å². The number of hydrogen-bond acceptors (Lipinski definition) is 6. The van der Waals surface area contributed by atoms with Gasteiger partial charge in [0.15, 0.2) is 0 Å². The number of benzene rings is 3. The van der Waals surface area contributed by atoms with Crippen LogP contribution in [0, 0.1) is 23.0 Å². The highest BCUT2D eigenvalue weighted by Crippen LogP contribution is 2.37. The van der Waals surface area contributed by atoms with Crippen molar-refractivity contribution in [2.75, 3.05) is 10.6 Å². The zero-order valence-electron chi connectivity index (χ0n) is 21.7. The van der Waals surface area contributed by atoms with Gasteiger partial charge in [-0.1, -0.05) is 40.5 Å². The molecule has 2 heterocycles. The normalized spacial score (nSPS) is 12.2. The summed E-state index contributed by atoms with van der Waals surface area (Å²) in [6.07, 6.45) is 3.26. The van der Waals surface area contributed by atoms with Crippen LogP contribution in [0.15, 0.2) is 67.0 Å². The van der Waals surface area contributed by atoms with Crippen LogP contribution in [0.1, 0.15) is 43.6 Å². The minimum atomic E-state index is -0.558. The van der Waals surface area contributed by atoms with Crippen LogP contribution in [-0.2, 0) is 5.54 Å². The Hall–Kier alpha value is -4.26. The Bertz CT molecular complexity index is 1760. The number of nitrogens with zero attached hydrogens (tertiary/aromatic N) is 5.